The lowest BCUT2D eigenvalue weighted by atomic mass is 9.97. The molecule has 0 saturated heterocycles. The van der Waals surface area contributed by atoms with Gasteiger partial charge < -0.3 is 20.3 Å². The van der Waals surface area contributed by atoms with Crippen LogP contribution in [-0.2, 0) is 14.3 Å². The minimum atomic E-state index is -0.830. The van der Waals surface area contributed by atoms with E-state index in [2.05, 4.69) is 24.1 Å². The number of ether oxygens (including phenoxy) is 1. The van der Waals surface area contributed by atoms with Crippen LogP contribution >= 0.6 is 0 Å². The molecule has 0 saturated carbocycles. The molecule has 1 unspecified atom stereocenters. The van der Waals surface area contributed by atoms with Gasteiger partial charge in [0.15, 0.2) is 0 Å². The SMILES string of the molecule is C=CCN(C(=O)CNC(=O)OC(C)(C)C)C(C(=O)NCCCCC)c1ccc(C)cc1C. The first-order chi connectivity index (χ1) is 15.0. The Kier molecular flexibility index (Phi) is 11.0. The Balaban J connectivity index is 3.14. The van der Waals surface area contributed by atoms with Crippen molar-refractivity contribution >= 4 is 17.9 Å². The zero-order valence-corrected chi connectivity index (χ0v) is 20.4. The van der Waals surface area contributed by atoms with E-state index in [1.165, 1.54) is 4.90 Å². The van der Waals surface area contributed by atoms with Gasteiger partial charge in [0.25, 0.3) is 0 Å². The maximum atomic E-state index is 13.2. The van der Waals surface area contributed by atoms with Crippen LogP contribution in [0.15, 0.2) is 30.9 Å². The van der Waals surface area contributed by atoms with Crippen molar-refractivity contribution in [3.8, 4) is 0 Å². The maximum absolute atomic E-state index is 13.2. The first-order valence-electron chi connectivity index (χ1n) is 11.2. The second-order valence-corrected chi connectivity index (χ2v) is 8.95. The first-order valence-corrected chi connectivity index (χ1v) is 11.2. The van der Waals surface area contributed by atoms with Gasteiger partial charge in [-0.1, -0.05) is 49.6 Å². The summed E-state index contributed by atoms with van der Waals surface area (Å²) in [5.41, 5.74) is 2.06. The smallest absolute Gasteiger partial charge is 0.408 e. The summed E-state index contributed by atoms with van der Waals surface area (Å²) in [6, 6.07) is 4.96. The standard InChI is InChI=1S/C25H39N3O4/c1-8-10-11-14-26-23(30)22(20-13-12-18(3)16-19(20)4)28(15-9-2)21(29)17-27-24(31)32-25(5,6)7/h9,12-13,16,22H,2,8,10-11,14-15,17H2,1,3-7H3,(H,26,30)(H,27,31). The van der Waals surface area contributed by atoms with Crippen LogP contribution in [0.2, 0.25) is 0 Å². The summed E-state index contributed by atoms with van der Waals surface area (Å²) in [5, 5.41) is 5.46. The van der Waals surface area contributed by atoms with Crippen molar-refractivity contribution in [2.45, 2.75) is 72.4 Å². The topological polar surface area (TPSA) is 87.7 Å². The largest absolute Gasteiger partial charge is 0.444 e. The lowest BCUT2D eigenvalue weighted by Crippen LogP contribution is -2.48. The van der Waals surface area contributed by atoms with E-state index in [0.717, 1.165) is 36.0 Å². The summed E-state index contributed by atoms with van der Waals surface area (Å²) in [5.74, 6) is -0.648. The van der Waals surface area contributed by atoms with Gasteiger partial charge in [0.05, 0.1) is 0 Å². The van der Waals surface area contributed by atoms with E-state index in [9.17, 15) is 14.4 Å². The number of benzene rings is 1. The molecule has 7 heteroatoms. The lowest BCUT2D eigenvalue weighted by molar-refractivity contribution is -0.139. The van der Waals surface area contributed by atoms with E-state index in [0.29, 0.717) is 6.54 Å². The van der Waals surface area contributed by atoms with E-state index in [-0.39, 0.29) is 19.0 Å². The molecule has 0 aromatic heterocycles. The molecule has 1 rings (SSSR count). The fraction of sp³-hybridized carbons (Fsp3) is 0.560. The maximum Gasteiger partial charge on any atom is 0.408 e. The second kappa shape index (κ2) is 12.9. The van der Waals surface area contributed by atoms with Crippen molar-refractivity contribution < 1.29 is 19.1 Å². The molecule has 3 amide bonds. The Morgan fingerprint density at radius 2 is 1.84 bits per heavy atom. The number of hydrogen-bond acceptors (Lipinski definition) is 4. The van der Waals surface area contributed by atoms with Crippen LogP contribution in [0.25, 0.3) is 0 Å². The Bertz CT molecular complexity index is 799. The Morgan fingerprint density at radius 1 is 1.16 bits per heavy atom. The number of alkyl carbamates (subject to hydrolysis) is 1. The van der Waals surface area contributed by atoms with Crippen LogP contribution < -0.4 is 10.6 Å². The molecule has 2 N–H and O–H groups in total. The fourth-order valence-electron chi connectivity index (χ4n) is 3.32. The number of aryl methyl sites for hydroxylation is 2. The lowest BCUT2D eigenvalue weighted by Gasteiger charge is -2.32. The minimum Gasteiger partial charge on any atom is -0.444 e. The molecule has 0 heterocycles. The van der Waals surface area contributed by atoms with E-state index in [1.54, 1.807) is 26.8 Å². The third-order valence-electron chi connectivity index (χ3n) is 4.79. The van der Waals surface area contributed by atoms with Gasteiger partial charge in [-0.2, -0.15) is 0 Å². The summed E-state index contributed by atoms with van der Waals surface area (Å²) in [4.78, 5) is 39.8. The molecule has 178 valence electrons. The number of nitrogens with one attached hydrogen (secondary N) is 2. The normalized spacial score (nSPS) is 11.9. The monoisotopic (exact) mass is 445 g/mol. The summed E-state index contributed by atoms with van der Waals surface area (Å²) in [7, 11) is 0. The van der Waals surface area contributed by atoms with Crippen molar-refractivity contribution in [1.29, 1.82) is 0 Å². The van der Waals surface area contributed by atoms with Gasteiger partial charge in [-0.25, -0.2) is 4.79 Å². The molecule has 0 bridgehead atoms. The van der Waals surface area contributed by atoms with Crippen LogP contribution in [0.4, 0.5) is 4.79 Å². The van der Waals surface area contributed by atoms with Gasteiger partial charge in [-0.05, 0) is 52.2 Å². The molecule has 1 atom stereocenters. The average Bonchev–Trinajstić information content (AvgIpc) is 2.69. The second-order valence-electron chi connectivity index (χ2n) is 8.95. The third kappa shape index (κ3) is 9.12. The molecule has 0 spiro atoms. The predicted molar refractivity (Wildman–Crippen MR) is 127 cm³/mol. The fourth-order valence-corrected chi connectivity index (χ4v) is 3.32. The van der Waals surface area contributed by atoms with Crippen molar-refractivity contribution in [2.75, 3.05) is 19.6 Å². The molecule has 32 heavy (non-hydrogen) atoms. The van der Waals surface area contributed by atoms with E-state index < -0.39 is 23.6 Å². The molecule has 1 aromatic carbocycles. The number of amides is 3. The molecule has 7 nitrogen and oxygen atoms in total. The highest BCUT2D eigenvalue weighted by atomic mass is 16.6. The van der Waals surface area contributed by atoms with Gasteiger partial charge in [0, 0.05) is 13.1 Å². The number of unbranched alkanes of at least 4 members (excludes halogenated alkanes) is 2. The molecular formula is C25H39N3O4. The van der Waals surface area contributed by atoms with Crippen LogP contribution in [-0.4, -0.2) is 48.0 Å². The number of nitrogens with zero attached hydrogens (tertiary/aromatic N) is 1. The Morgan fingerprint density at radius 3 is 2.41 bits per heavy atom. The molecule has 0 aliphatic heterocycles. The zero-order valence-electron chi connectivity index (χ0n) is 20.4. The Labute approximate surface area is 192 Å². The quantitative estimate of drug-likeness (QED) is 0.395. The van der Waals surface area contributed by atoms with Gasteiger partial charge >= 0.3 is 6.09 Å². The summed E-state index contributed by atoms with van der Waals surface area (Å²) >= 11 is 0. The van der Waals surface area contributed by atoms with Crippen molar-refractivity contribution in [3.63, 3.8) is 0 Å². The van der Waals surface area contributed by atoms with Crippen LogP contribution in [0, 0.1) is 13.8 Å². The average molecular weight is 446 g/mol. The predicted octanol–water partition coefficient (Wildman–Crippen LogP) is 4.19. The van der Waals surface area contributed by atoms with Crippen LogP contribution in [0.1, 0.15) is 69.7 Å². The number of rotatable bonds is 11. The molecule has 0 radical (unpaired) electrons. The molecule has 0 aliphatic carbocycles. The molecule has 0 fully saturated rings. The van der Waals surface area contributed by atoms with E-state index in [4.69, 9.17) is 4.74 Å². The highest BCUT2D eigenvalue weighted by Gasteiger charge is 2.32. The van der Waals surface area contributed by atoms with Gasteiger partial charge in [-0.3, -0.25) is 9.59 Å². The highest BCUT2D eigenvalue weighted by Crippen LogP contribution is 2.26. The first kappa shape index (κ1) is 27.2. The molecule has 0 aliphatic rings. The van der Waals surface area contributed by atoms with Crippen LogP contribution in [0.5, 0.6) is 0 Å². The van der Waals surface area contributed by atoms with Gasteiger partial charge in [-0.15, -0.1) is 6.58 Å². The third-order valence-corrected chi connectivity index (χ3v) is 4.79. The van der Waals surface area contributed by atoms with Crippen molar-refractivity contribution in [2.24, 2.45) is 0 Å². The highest BCUT2D eigenvalue weighted by molar-refractivity contribution is 5.90. The van der Waals surface area contributed by atoms with E-state index in [1.807, 2.05) is 32.0 Å². The molecular weight excluding hydrogens is 406 g/mol. The summed E-state index contributed by atoms with van der Waals surface area (Å²) in [6.45, 7) is 15.4. The van der Waals surface area contributed by atoms with Crippen molar-refractivity contribution in [3.05, 3.63) is 47.5 Å². The number of carbonyl (C=O) groups excluding carboxylic acids is 3. The van der Waals surface area contributed by atoms with Gasteiger partial charge in [0.2, 0.25) is 11.8 Å². The van der Waals surface area contributed by atoms with Crippen LogP contribution in [0.3, 0.4) is 0 Å². The Hall–Kier alpha value is -2.83. The molecule has 1 aromatic rings. The van der Waals surface area contributed by atoms with Crippen molar-refractivity contribution in [1.82, 2.24) is 15.5 Å². The minimum absolute atomic E-state index is 0.162. The van der Waals surface area contributed by atoms with Gasteiger partial charge in [0.1, 0.15) is 18.2 Å². The number of hydrogen-bond donors (Lipinski definition) is 2. The zero-order chi connectivity index (χ0) is 24.3. The van der Waals surface area contributed by atoms with E-state index >= 15 is 0 Å². The summed E-state index contributed by atoms with van der Waals surface area (Å²) in [6.07, 6.45) is 3.83. The summed E-state index contributed by atoms with van der Waals surface area (Å²) < 4.78 is 5.21. The number of carbonyl (C=O) groups is 3.